The van der Waals surface area contributed by atoms with E-state index in [1.54, 1.807) is 32.0 Å². The Labute approximate surface area is 171 Å². The molecule has 1 fully saturated rings. The lowest BCUT2D eigenvalue weighted by Gasteiger charge is -2.37. The van der Waals surface area contributed by atoms with Crippen molar-refractivity contribution in [2.24, 2.45) is 0 Å². The number of rotatable bonds is 3. The van der Waals surface area contributed by atoms with E-state index in [4.69, 9.17) is 21.1 Å². The highest BCUT2D eigenvalue weighted by Gasteiger charge is 2.33. The molecular formula is C21H31N5O3. The third kappa shape index (κ3) is 5.74. The third-order valence-electron chi connectivity index (χ3n) is 4.89. The molecule has 158 valence electrons. The lowest BCUT2D eigenvalue weighted by Crippen LogP contribution is -2.45. The van der Waals surface area contributed by atoms with E-state index in [1.807, 2.05) is 17.0 Å². The van der Waals surface area contributed by atoms with Crippen molar-refractivity contribution in [3.8, 4) is 0 Å². The van der Waals surface area contributed by atoms with Gasteiger partial charge in [0.1, 0.15) is 17.1 Å². The molecule has 1 aromatic heterocycles. The van der Waals surface area contributed by atoms with Crippen molar-refractivity contribution in [1.29, 1.82) is 10.8 Å². The highest BCUT2D eigenvalue weighted by Crippen LogP contribution is 2.33. The second-order valence-corrected chi connectivity index (χ2v) is 7.34. The molecule has 0 bridgehead atoms. The van der Waals surface area contributed by atoms with Crippen LogP contribution in [0, 0.1) is 10.8 Å². The fourth-order valence-corrected chi connectivity index (χ4v) is 3.24. The highest BCUT2D eigenvalue weighted by molar-refractivity contribution is 5.99. The van der Waals surface area contributed by atoms with Crippen LogP contribution in [0.25, 0.3) is 0 Å². The van der Waals surface area contributed by atoms with Gasteiger partial charge in [-0.15, -0.1) is 0 Å². The molecule has 0 spiro atoms. The summed E-state index contributed by atoms with van der Waals surface area (Å²) in [6.45, 7) is 10.9. The predicted molar refractivity (Wildman–Crippen MR) is 115 cm³/mol. The van der Waals surface area contributed by atoms with Crippen molar-refractivity contribution in [2.75, 3.05) is 12.3 Å². The quantitative estimate of drug-likeness (QED) is 0.461. The molecule has 0 radical (unpaired) electrons. The first-order chi connectivity index (χ1) is 13.8. The minimum absolute atomic E-state index is 0.0578. The normalized spacial score (nSPS) is 18.7. The maximum absolute atomic E-state index is 12.9. The summed E-state index contributed by atoms with van der Waals surface area (Å²) < 4.78 is 5.45. The molecule has 1 aliphatic rings. The molecule has 2 aromatic rings. The van der Waals surface area contributed by atoms with E-state index in [9.17, 15) is 9.90 Å². The number of nitrogens with one attached hydrogen (secondary N) is 2. The number of carbonyl (C=O) groups excluding carboxylic acids is 1. The van der Waals surface area contributed by atoms with Crippen LogP contribution in [-0.2, 0) is 5.60 Å². The second kappa shape index (κ2) is 10.5. The number of hydrogen-bond acceptors (Lipinski definition) is 7. The van der Waals surface area contributed by atoms with Crippen LogP contribution in [0.5, 0.6) is 0 Å². The number of aromatic nitrogens is 1. The number of hydrogen-bond donors (Lipinski definition) is 4. The van der Waals surface area contributed by atoms with E-state index in [0.29, 0.717) is 29.2 Å². The summed E-state index contributed by atoms with van der Waals surface area (Å²) >= 11 is 0. The first kappa shape index (κ1) is 24.0. The number of anilines is 1. The van der Waals surface area contributed by atoms with E-state index in [1.165, 1.54) is 0 Å². The van der Waals surface area contributed by atoms with Gasteiger partial charge in [0.05, 0.1) is 5.56 Å². The molecule has 5 N–H and O–H groups in total. The summed E-state index contributed by atoms with van der Waals surface area (Å²) in [4.78, 5) is 14.8. The third-order valence-corrected chi connectivity index (χ3v) is 4.89. The van der Waals surface area contributed by atoms with E-state index >= 15 is 0 Å². The Morgan fingerprint density at radius 3 is 2.45 bits per heavy atom. The maximum atomic E-state index is 12.9. The molecule has 1 saturated heterocycles. The smallest absolute Gasteiger partial charge is 0.256 e. The number of amides is 1. The van der Waals surface area contributed by atoms with Gasteiger partial charge in [-0.25, -0.2) is 0 Å². The predicted octanol–water partition coefficient (Wildman–Crippen LogP) is 3.42. The van der Waals surface area contributed by atoms with Crippen molar-refractivity contribution in [3.63, 3.8) is 0 Å². The zero-order valence-corrected chi connectivity index (χ0v) is 17.3. The molecule has 1 unspecified atom stereocenters. The van der Waals surface area contributed by atoms with Crippen molar-refractivity contribution in [3.05, 3.63) is 47.3 Å². The number of aliphatic hydroxyl groups is 1. The second-order valence-electron chi connectivity index (χ2n) is 7.34. The summed E-state index contributed by atoms with van der Waals surface area (Å²) in [6, 6.07) is 9.07. The average molecular weight is 402 g/mol. The van der Waals surface area contributed by atoms with Gasteiger partial charge in [0.25, 0.3) is 5.91 Å². The summed E-state index contributed by atoms with van der Waals surface area (Å²) in [5.74, 6) is 0.717. The molecular weight excluding hydrogens is 370 g/mol. The lowest BCUT2D eigenvalue weighted by molar-refractivity contribution is 0.0596. The van der Waals surface area contributed by atoms with E-state index < -0.39 is 5.60 Å². The monoisotopic (exact) mass is 401 g/mol. The molecule has 8 heteroatoms. The fraction of sp³-hybridized carbons (Fsp3) is 0.429. The molecule has 2 atom stereocenters. The number of piperidine rings is 1. The van der Waals surface area contributed by atoms with Gasteiger partial charge in [0.15, 0.2) is 0 Å². The Kier molecular flexibility index (Phi) is 8.72. The van der Waals surface area contributed by atoms with Gasteiger partial charge in [0, 0.05) is 30.3 Å². The Hall–Kier alpha value is -3.00. The van der Waals surface area contributed by atoms with E-state index in [-0.39, 0.29) is 17.9 Å². The standard InChI is InChI=1S/C19H25N3O3.2CH3N/c1-12-8-9-13(16-10-17(21-25-16)19(2,3)24)11-22(12)18(23)14-6-4-5-7-15(14)20;2*1-2/h4-7,10,12-13,24H,8-9,11,20H2,1-3H3;2*2H,1H2/t12-,13?;;/m1../s1. The van der Waals surface area contributed by atoms with Gasteiger partial charge >= 0.3 is 0 Å². The molecule has 0 saturated carbocycles. The number of carbonyl (C=O) groups is 1. The number of benzene rings is 1. The molecule has 29 heavy (non-hydrogen) atoms. The Morgan fingerprint density at radius 1 is 1.28 bits per heavy atom. The Balaban J connectivity index is 0.000000989. The topological polar surface area (TPSA) is 140 Å². The van der Waals surface area contributed by atoms with Gasteiger partial charge < -0.3 is 31.1 Å². The molecule has 3 rings (SSSR count). The fourth-order valence-electron chi connectivity index (χ4n) is 3.24. The van der Waals surface area contributed by atoms with Crippen LogP contribution in [0.4, 0.5) is 5.69 Å². The van der Waals surface area contributed by atoms with Gasteiger partial charge in [-0.2, -0.15) is 0 Å². The maximum Gasteiger partial charge on any atom is 0.256 e. The van der Waals surface area contributed by atoms with Crippen molar-refractivity contribution in [2.45, 2.75) is 51.2 Å². The van der Waals surface area contributed by atoms with E-state index in [2.05, 4.69) is 25.5 Å². The number of para-hydroxylation sites is 1. The van der Waals surface area contributed by atoms with Crippen LogP contribution < -0.4 is 5.73 Å². The molecule has 0 aliphatic carbocycles. The van der Waals surface area contributed by atoms with E-state index in [0.717, 1.165) is 12.8 Å². The lowest BCUT2D eigenvalue weighted by atomic mass is 9.90. The molecule has 8 nitrogen and oxygen atoms in total. The van der Waals surface area contributed by atoms with Gasteiger partial charge in [-0.1, -0.05) is 17.3 Å². The summed E-state index contributed by atoms with van der Waals surface area (Å²) in [7, 11) is 0. The van der Waals surface area contributed by atoms with Crippen LogP contribution in [0.3, 0.4) is 0 Å². The SMILES string of the molecule is C=N.C=N.C[C@@H]1CCC(c2cc(C(C)(C)O)no2)CN1C(=O)c1ccccc1N. The minimum atomic E-state index is -1.04. The van der Waals surface area contributed by atoms with Gasteiger partial charge in [-0.3, -0.25) is 4.79 Å². The molecule has 2 heterocycles. The first-order valence-electron chi connectivity index (χ1n) is 9.33. The molecule has 1 aliphatic heterocycles. The van der Waals surface area contributed by atoms with Crippen LogP contribution in [0.1, 0.15) is 61.3 Å². The number of likely N-dealkylation sites (tertiary alicyclic amines) is 1. The largest absolute Gasteiger partial charge is 0.398 e. The van der Waals surface area contributed by atoms with Gasteiger partial charge in [0.2, 0.25) is 0 Å². The Bertz CT molecular complexity index is 798. The van der Waals surface area contributed by atoms with Gasteiger partial charge in [-0.05, 0) is 59.2 Å². The van der Waals surface area contributed by atoms with Crippen molar-refractivity contribution >= 4 is 25.0 Å². The molecule has 1 amide bonds. The minimum Gasteiger partial charge on any atom is -0.398 e. The van der Waals surface area contributed by atoms with Crippen LogP contribution >= 0.6 is 0 Å². The van der Waals surface area contributed by atoms with Crippen molar-refractivity contribution < 1.29 is 14.4 Å². The summed E-state index contributed by atoms with van der Waals surface area (Å²) in [5.41, 5.74) is 6.45. The molecule has 1 aromatic carbocycles. The Morgan fingerprint density at radius 2 is 1.90 bits per heavy atom. The van der Waals surface area contributed by atoms with Crippen LogP contribution in [0.15, 0.2) is 34.9 Å². The number of nitrogen functional groups attached to an aromatic ring is 1. The number of nitrogens with two attached hydrogens (primary N) is 1. The summed E-state index contributed by atoms with van der Waals surface area (Å²) in [5, 5.41) is 25.0. The number of nitrogens with zero attached hydrogens (tertiary/aromatic N) is 2. The average Bonchev–Trinajstić information content (AvgIpc) is 3.22. The summed E-state index contributed by atoms with van der Waals surface area (Å²) in [6.07, 6.45) is 1.79. The highest BCUT2D eigenvalue weighted by atomic mass is 16.5. The van der Waals surface area contributed by atoms with Crippen LogP contribution in [-0.4, -0.2) is 47.1 Å². The zero-order chi connectivity index (χ0) is 22.2. The zero-order valence-electron chi connectivity index (χ0n) is 17.3. The van der Waals surface area contributed by atoms with Crippen molar-refractivity contribution in [1.82, 2.24) is 10.1 Å². The van der Waals surface area contributed by atoms with Crippen LogP contribution in [0.2, 0.25) is 0 Å². The first-order valence-corrected chi connectivity index (χ1v) is 9.33.